The summed E-state index contributed by atoms with van der Waals surface area (Å²) in [6.07, 6.45) is 2.34. The Balaban J connectivity index is 2.15. The predicted octanol–water partition coefficient (Wildman–Crippen LogP) is 3.81. The Morgan fingerprint density at radius 3 is 2.62 bits per heavy atom. The number of rotatable bonds is 5. The molecule has 0 amide bonds. The summed E-state index contributed by atoms with van der Waals surface area (Å²) in [7, 11) is 0. The van der Waals surface area contributed by atoms with Crippen LogP contribution < -0.4 is 4.74 Å². The summed E-state index contributed by atoms with van der Waals surface area (Å²) < 4.78 is 18.9. The Hall–Kier alpha value is -2.62. The SMILES string of the molecule is Cc1ccc(OCc2ccc(F)cc2C=CC(=O)O)cc1. The minimum Gasteiger partial charge on any atom is -0.489 e. The Bertz CT molecular complexity index is 660. The topological polar surface area (TPSA) is 46.5 Å². The van der Waals surface area contributed by atoms with Gasteiger partial charge < -0.3 is 9.84 Å². The molecule has 2 aromatic carbocycles. The fraction of sp³-hybridized carbons (Fsp3) is 0.118. The third-order valence-electron chi connectivity index (χ3n) is 2.93. The van der Waals surface area contributed by atoms with Crippen LogP contribution in [0.1, 0.15) is 16.7 Å². The lowest BCUT2D eigenvalue weighted by atomic mass is 10.1. The number of aliphatic carboxylic acids is 1. The molecule has 0 aromatic heterocycles. The average Bonchev–Trinajstić information content (AvgIpc) is 2.45. The summed E-state index contributed by atoms with van der Waals surface area (Å²) in [6, 6.07) is 11.8. The highest BCUT2D eigenvalue weighted by Crippen LogP contribution is 2.18. The summed E-state index contributed by atoms with van der Waals surface area (Å²) in [4.78, 5) is 10.6. The van der Waals surface area contributed by atoms with Gasteiger partial charge in [-0.1, -0.05) is 23.8 Å². The second kappa shape index (κ2) is 6.70. The van der Waals surface area contributed by atoms with Crippen LogP contribution in [0, 0.1) is 12.7 Å². The van der Waals surface area contributed by atoms with Crippen LogP contribution in [0.4, 0.5) is 4.39 Å². The van der Waals surface area contributed by atoms with Crippen molar-refractivity contribution in [3.05, 3.63) is 71.0 Å². The van der Waals surface area contributed by atoms with E-state index < -0.39 is 11.8 Å². The van der Waals surface area contributed by atoms with Gasteiger partial charge in [-0.3, -0.25) is 0 Å². The molecule has 21 heavy (non-hydrogen) atoms. The molecule has 1 N–H and O–H groups in total. The standard InChI is InChI=1S/C17H15FO3/c1-12-2-7-16(8-3-12)21-11-14-4-6-15(18)10-13(14)5-9-17(19)20/h2-10H,11H2,1H3,(H,19,20). The minimum atomic E-state index is -1.08. The van der Waals surface area contributed by atoms with E-state index in [9.17, 15) is 9.18 Å². The van der Waals surface area contributed by atoms with E-state index in [2.05, 4.69) is 0 Å². The van der Waals surface area contributed by atoms with Crippen LogP contribution in [-0.4, -0.2) is 11.1 Å². The first-order valence-corrected chi connectivity index (χ1v) is 6.43. The van der Waals surface area contributed by atoms with Crippen molar-refractivity contribution in [3.63, 3.8) is 0 Å². The molecule has 0 radical (unpaired) electrons. The Morgan fingerprint density at radius 1 is 1.24 bits per heavy atom. The van der Waals surface area contributed by atoms with Gasteiger partial charge in [0.1, 0.15) is 18.2 Å². The van der Waals surface area contributed by atoms with Crippen molar-refractivity contribution in [1.29, 1.82) is 0 Å². The molecule has 0 unspecified atom stereocenters. The zero-order valence-electron chi connectivity index (χ0n) is 11.5. The number of hydrogen-bond donors (Lipinski definition) is 1. The van der Waals surface area contributed by atoms with Crippen molar-refractivity contribution < 1.29 is 19.0 Å². The molecule has 108 valence electrons. The van der Waals surface area contributed by atoms with Crippen LogP contribution in [0.3, 0.4) is 0 Å². The predicted molar refractivity (Wildman–Crippen MR) is 78.6 cm³/mol. The van der Waals surface area contributed by atoms with Crippen LogP contribution >= 0.6 is 0 Å². The van der Waals surface area contributed by atoms with Crippen molar-refractivity contribution in [1.82, 2.24) is 0 Å². The molecule has 0 aliphatic heterocycles. The maximum atomic E-state index is 13.3. The van der Waals surface area contributed by atoms with E-state index in [0.717, 1.165) is 17.2 Å². The number of carboxylic acids is 1. The highest BCUT2D eigenvalue weighted by molar-refractivity contribution is 5.85. The minimum absolute atomic E-state index is 0.239. The molecule has 0 fully saturated rings. The van der Waals surface area contributed by atoms with Crippen LogP contribution in [0.5, 0.6) is 5.75 Å². The first-order chi connectivity index (χ1) is 10.0. The van der Waals surface area contributed by atoms with Gasteiger partial charge in [0.25, 0.3) is 0 Å². The normalized spacial score (nSPS) is 10.8. The summed E-state index contributed by atoms with van der Waals surface area (Å²) in [5.74, 6) is -0.790. The van der Waals surface area contributed by atoms with Gasteiger partial charge in [0, 0.05) is 6.08 Å². The van der Waals surface area contributed by atoms with E-state index in [1.165, 1.54) is 18.2 Å². The molecule has 4 heteroatoms. The molecule has 0 heterocycles. The molecule has 0 aliphatic rings. The molecule has 0 aliphatic carbocycles. The van der Waals surface area contributed by atoms with E-state index in [-0.39, 0.29) is 6.61 Å². The first kappa shape index (κ1) is 14.8. The molecule has 3 nitrogen and oxygen atoms in total. The van der Waals surface area contributed by atoms with Gasteiger partial charge in [0.15, 0.2) is 0 Å². The van der Waals surface area contributed by atoms with Crippen molar-refractivity contribution >= 4 is 12.0 Å². The second-order valence-electron chi connectivity index (χ2n) is 4.62. The van der Waals surface area contributed by atoms with Crippen molar-refractivity contribution in [3.8, 4) is 5.75 Å². The van der Waals surface area contributed by atoms with Crippen molar-refractivity contribution in [2.24, 2.45) is 0 Å². The van der Waals surface area contributed by atoms with Crippen LogP contribution in [-0.2, 0) is 11.4 Å². The molecular formula is C17H15FO3. The van der Waals surface area contributed by atoms with Gasteiger partial charge in [0.05, 0.1) is 0 Å². The quantitative estimate of drug-likeness (QED) is 0.850. The highest BCUT2D eigenvalue weighted by atomic mass is 19.1. The monoisotopic (exact) mass is 286 g/mol. The zero-order valence-corrected chi connectivity index (χ0v) is 11.5. The smallest absolute Gasteiger partial charge is 0.328 e. The maximum absolute atomic E-state index is 13.3. The summed E-state index contributed by atoms with van der Waals surface area (Å²) in [5, 5.41) is 8.66. The van der Waals surface area contributed by atoms with Gasteiger partial charge in [-0.15, -0.1) is 0 Å². The molecule has 0 spiro atoms. The lowest BCUT2D eigenvalue weighted by Gasteiger charge is -2.09. The third-order valence-corrected chi connectivity index (χ3v) is 2.93. The van der Waals surface area contributed by atoms with E-state index in [0.29, 0.717) is 11.3 Å². The first-order valence-electron chi connectivity index (χ1n) is 6.43. The van der Waals surface area contributed by atoms with Crippen LogP contribution in [0.2, 0.25) is 0 Å². The summed E-state index contributed by atoms with van der Waals surface area (Å²) in [6.45, 7) is 2.22. The lowest BCUT2D eigenvalue weighted by molar-refractivity contribution is -0.131. The maximum Gasteiger partial charge on any atom is 0.328 e. The number of carboxylic acid groups (broad SMARTS) is 1. The number of ether oxygens (including phenoxy) is 1. The van der Waals surface area contributed by atoms with Gasteiger partial charge in [-0.25, -0.2) is 9.18 Å². The molecule has 0 bridgehead atoms. The molecule has 0 atom stereocenters. The second-order valence-corrected chi connectivity index (χ2v) is 4.62. The lowest BCUT2D eigenvalue weighted by Crippen LogP contribution is -1.99. The van der Waals surface area contributed by atoms with Crippen LogP contribution in [0.15, 0.2) is 48.5 Å². The van der Waals surface area contributed by atoms with Gasteiger partial charge in [-0.05, 0) is 48.4 Å². The van der Waals surface area contributed by atoms with Gasteiger partial charge in [-0.2, -0.15) is 0 Å². The number of aryl methyl sites for hydroxylation is 1. The molecule has 0 saturated carbocycles. The Labute approximate surface area is 122 Å². The fourth-order valence-corrected chi connectivity index (χ4v) is 1.81. The Morgan fingerprint density at radius 2 is 1.95 bits per heavy atom. The van der Waals surface area contributed by atoms with Crippen molar-refractivity contribution in [2.75, 3.05) is 0 Å². The number of benzene rings is 2. The molecule has 2 aromatic rings. The summed E-state index contributed by atoms with van der Waals surface area (Å²) in [5.41, 5.74) is 2.34. The molecule has 0 saturated heterocycles. The van der Waals surface area contributed by atoms with Gasteiger partial charge in [0.2, 0.25) is 0 Å². The van der Waals surface area contributed by atoms with E-state index in [1.54, 1.807) is 6.07 Å². The van der Waals surface area contributed by atoms with E-state index >= 15 is 0 Å². The average molecular weight is 286 g/mol. The Kier molecular flexibility index (Phi) is 4.72. The number of carbonyl (C=O) groups is 1. The number of hydrogen-bond acceptors (Lipinski definition) is 2. The third kappa shape index (κ3) is 4.45. The molecule has 2 rings (SSSR count). The summed E-state index contributed by atoms with van der Waals surface area (Å²) >= 11 is 0. The number of halogens is 1. The molecular weight excluding hydrogens is 271 g/mol. The van der Waals surface area contributed by atoms with Crippen molar-refractivity contribution in [2.45, 2.75) is 13.5 Å². The van der Waals surface area contributed by atoms with E-state index in [4.69, 9.17) is 9.84 Å². The zero-order chi connectivity index (χ0) is 15.2. The largest absolute Gasteiger partial charge is 0.489 e. The van der Waals surface area contributed by atoms with Gasteiger partial charge >= 0.3 is 5.97 Å². The van der Waals surface area contributed by atoms with E-state index in [1.807, 2.05) is 31.2 Å². The van der Waals surface area contributed by atoms with Crippen LogP contribution in [0.25, 0.3) is 6.08 Å². The fourth-order valence-electron chi connectivity index (χ4n) is 1.81. The highest BCUT2D eigenvalue weighted by Gasteiger charge is 2.04.